The Morgan fingerprint density at radius 3 is 1.75 bits per heavy atom. The van der Waals surface area contributed by atoms with Crippen molar-refractivity contribution in [3.05, 3.63) is 0 Å². The van der Waals surface area contributed by atoms with E-state index in [-0.39, 0.29) is 36.2 Å². The van der Waals surface area contributed by atoms with Crippen LogP contribution in [0.4, 0.5) is 0 Å². The molecule has 0 aliphatic carbocycles. The third-order valence-electron chi connectivity index (χ3n) is 0.338. The molecule has 0 unspecified atom stereocenters. The molecule has 0 aromatic heterocycles. The molecular formula is C2H9NaO4Si. The summed E-state index contributed by atoms with van der Waals surface area (Å²) in [6, 6.07) is 0. The molecule has 4 nitrogen and oxygen atoms in total. The van der Waals surface area contributed by atoms with Crippen molar-refractivity contribution in [2.45, 2.75) is 6.92 Å². The van der Waals surface area contributed by atoms with Gasteiger partial charge in [-0.3, -0.25) is 0 Å². The van der Waals surface area contributed by atoms with E-state index in [0.717, 1.165) is 0 Å². The van der Waals surface area contributed by atoms with Crippen LogP contribution in [0.3, 0.4) is 0 Å². The Kier molecular flexibility index (Phi) is 7.22. The van der Waals surface area contributed by atoms with E-state index in [1.165, 1.54) is 0 Å². The van der Waals surface area contributed by atoms with Gasteiger partial charge in [0, 0.05) is 6.61 Å². The van der Waals surface area contributed by atoms with Gasteiger partial charge in [-0.25, -0.2) is 0 Å². The molecule has 3 N–H and O–H groups in total. The Morgan fingerprint density at radius 2 is 1.75 bits per heavy atom. The first-order valence-electron chi connectivity index (χ1n) is 1.87. The molecule has 0 aromatic rings. The Labute approximate surface area is 70.9 Å². The second-order valence-electron chi connectivity index (χ2n) is 1.01. The molecule has 0 fully saturated rings. The third-order valence-corrected chi connectivity index (χ3v) is 1.01. The molecule has 0 bridgehead atoms. The molecule has 0 aliphatic rings. The first-order chi connectivity index (χ1) is 3.06. The molecule has 0 amide bonds. The molecule has 0 saturated carbocycles. The summed E-state index contributed by atoms with van der Waals surface area (Å²) in [5, 5.41) is 0. The van der Waals surface area contributed by atoms with Gasteiger partial charge < -0.3 is 18.8 Å². The average molecular weight is 148 g/mol. The van der Waals surface area contributed by atoms with Gasteiger partial charge in [-0.1, -0.05) is 0 Å². The predicted molar refractivity (Wildman–Crippen MR) is 31.2 cm³/mol. The topological polar surface area (TPSA) is 69.9 Å². The van der Waals surface area contributed by atoms with Crippen LogP contribution in [-0.2, 0) is 4.43 Å². The normalized spacial score (nSPS) is 10.5. The summed E-state index contributed by atoms with van der Waals surface area (Å²) in [5.41, 5.74) is 0. The van der Waals surface area contributed by atoms with Crippen molar-refractivity contribution in [3.8, 4) is 0 Å². The zero-order valence-corrected chi connectivity index (χ0v) is 4.96. The van der Waals surface area contributed by atoms with Gasteiger partial charge >= 0.3 is 38.6 Å². The van der Waals surface area contributed by atoms with E-state index in [1.807, 2.05) is 0 Å². The molecule has 0 rings (SSSR count). The van der Waals surface area contributed by atoms with E-state index in [2.05, 4.69) is 4.43 Å². The maximum absolute atomic E-state index is 8.05. The predicted octanol–water partition coefficient (Wildman–Crippen LogP) is -2.21. The summed E-state index contributed by atoms with van der Waals surface area (Å²) in [6.45, 7) is 1.68. The van der Waals surface area contributed by atoms with Crippen molar-refractivity contribution < 1.29 is 18.8 Å². The fourth-order valence-electron chi connectivity index (χ4n) is 0.194. The monoisotopic (exact) mass is 148 g/mol. The molecule has 46 valence electrons. The van der Waals surface area contributed by atoms with Gasteiger partial charge in [-0.2, -0.15) is 0 Å². The minimum atomic E-state index is -4.16. The third kappa shape index (κ3) is 10.1. The SMILES string of the molecule is CCO[Si](O)(O)O.[NaH]. The summed E-state index contributed by atoms with van der Waals surface area (Å²) >= 11 is 0. The fourth-order valence-corrected chi connectivity index (χ4v) is 0.581. The molecule has 0 aromatic carbocycles. The van der Waals surface area contributed by atoms with Gasteiger partial charge in [0.1, 0.15) is 0 Å². The van der Waals surface area contributed by atoms with Gasteiger partial charge in [0.15, 0.2) is 0 Å². The van der Waals surface area contributed by atoms with E-state index >= 15 is 0 Å². The molecule has 0 atom stereocenters. The summed E-state index contributed by atoms with van der Waals surface area (Å²) in [5.74, 6) is 0. The molecular weight excluding hydrogens is 139 g/mol. The van der Waals surface area contributed by atoms with Crippen molar-refractivity contribution >= 4 is 38.6 Å². The van der Waals surface area contributed by atoms with Gasteiger partial charge in [-0.15, -0.1) is 0 Å². The van der Waals surface area contributed by atoms with Crippen LogP contribution in [0.25, 0.3) is 0 Å². The van der Waals surface area contributed by atoms with Crippen molar-refractivity contribution in [2.75, 3.05) is 6.61 Å². The Morgan fingerprint density at radius 1 is 1.38 bits per heavy atom. The van der Waals surface area contributed by atoms with Gasteiger partial charge in [0.05, 0.1) is 0 Å². The van der Waals surface area contributed by atoms with Crippen LogP contribution in [-0.4, -0.2) is 59.6 Å². The van der Waals surface area contributed by atoms with E-state index in [9.17, 15) is 0 Å². The second-order valence-corrected chi connectivity index (χ2v) is 2.44. The Hall–Kier alpha value is 1.06. The van der Waals surface area contributed by atoms with Crippen molar-refractivity contribution in [1.82, 2.24) is 0 Å². The van der Waals surface area contributed by atoms with Crippen LogP contribution in [0.1, 0.15) is 6.92 Å². The molecule has 0 aliphatic heterocycles. The van der Waals surface area contributed by atoms with Crippen LogP contribution in [0.5, 0.6) is 0 Å². The number of hydrogen-bond acceptors (Lipinski definition) is 4. The molecule has 0 saturated heterocycles. The van der Waals surface area contributed by atoms with Crippen LogP contribution in [0.2, 0.25) is 0 Å². The van der Waals surface area contributed by atoms with Crippen LogP contribution in [0, 0.1) is 0 Å². The van der Waals surface area contributed by atoms with E-state index in [1.54, 1.807) is 6.92 Å². The summed E-state index contributed by atoms with van der Waals surface area (Å²) in [7, 11) is -4.16. The van der Waals surface area contributed by atoms with Crippen LogP contribution >= 0.6 is 0 Å². The van der Waals surface area contributed by atoms with E-state index in [0.29, 0.717) is 0 Å². The van der Waals surface area contributed by atoms with Crippen LogP contribution < -0.4 is 0 Å². The van der Waals surface area contributed by atoms with Gasteiger partial charge in [-0.05, 0) is 6.92 Å². The summed E-state index contributed by atoms with van der Waals surface area (Å²) < 4.78 is 4.03. The summed E-state index contributed by atoms with van der Waals surface area (Å²) in [6.07, 6.45) is 0. The average Bonchev–Trinajstić information content (AvgIpc) is 1.30. The van der Waals surface area contributed by atoms with Crippen molar-refractivity contribution in [2.24, 2.45) is 0 Å². The molecule has 8 heavy (non-hydrogen) atoms. The molecule has 0 spiro atoms. The number of hydrogen-bond donors (Lipinski definition) is 3. The first kappa shape index (κ1) is 11.8. The van der Waals surface area contributed by atoms with Gasteiger partial charge in [0.2, 0.25) is 0 Å². The Balaban J connectivity index is 0. The first-order valence-corrected chi connectivity index (χ1v) is 3.62. The maximum atomic E-state index is 8.05. The zero-order chi connectivity index (χ0) is 5.91. The fraction of sp³-hybridized carbons (Fsp3) is 1.00. The second kappa shape index (κ2) is 4.89. The quantitative estimate of drug-likeness (QED) is 0.388. The van der Waals surface area contributed by atoms with Crippen LogP contribution in [0.15, 0.2) is 0 Å². The molecule has 0 heterocycles. The van der Waals surface area contributed by atoms with E-state index < -0.39 is 9.05 Å². The number of rotatable bonds is 2. The standard InChI is InChI=1S/C2H8O4Si.Na.H/c1-2-6-7(3,4)5;;/h3-5H,2H2,1H3;;. The summed E-state index contributed by atoms with van der Waals surface area (Å²) in [4.78, 5) is 24.1. The Bertz CT molecular complexity index is 52.5. The minimum absolute atomic E-state index is 0. The van der Waals surface area contributed by atoms with E-state index in [4.69, 9.17) is 14.4 Å². The molecule has 0 radical (unpaired) electrons. The molecule has 6 heteroatoms. The van der Waals surface area contributed by atoms with Gasteiger partial charge in [0.25, 0.3) is 0 Å². The zero-order valence-electron chi connectivity index (χ0n) is 3.96. The van der Waals surface area contributed by atoms with Crippen molar-refractivity contribution in [1.29, 1.82) is 0 Å². The van der Waals surface area contributed by atoms with Crippen molar-refractivity contribution in [3.63, 3.8) is 0 Å².